The summed E-state index contributed by atoms with van der Waals surface area (Å²) in [4.78, 5) is 0. The van der Waals surface area contributed by atoms with Gasteiger partial charge in [0.05, 0.1) is 54.9 Å². The Kier molecular flexibility index (Phi) is 12.9. The second-order valence-corrected chi connectivity index (χ2v) is 26.7. The number of para-hydroxylation sites is 6. The Morgan fingerprint density at radius 3 is 0.971 bits per heavy atom. The van der Waals surface area contributed by atoms with Crippen LogP contribution in [0.2, 0.25) is 0 Å². The molecule has 0 unspecified atom stereocenters. The van der Waals surface area contributed by atoms with Gasteiger partial charge in [0.25, 0.3) is 0 Å². The summed E-state index contributed by atoms with van der Waals surface area (Å²) < 4.78 is 22.5. The summed E-state index contributed by atoms with van der Waals surface area (Å²) in [7, 11) is 0. The predicted molar refractivity (Wildman–Crippen MR) is 427 cm³/mol. The van der Waals surface area contributed by atoms with Crippen LogP contribution in [0.3, 0.4) is 0 Å². The lowest BCUT2D eigenvalue weighted by Gasteiger charge is -2.12. The zero-order chi connectivity index (χ0) is 66.9. The van der Waals surface area contributed by atoms with E-state index in [4.69, 9.17) is 8.83 Å². The molecule has 0 aliphatic carbocycles. The first-order valence-corrected chi connectivity index (χ1v) is 34.9. The largest absolute Gasteiger partial charge is 0.456 e. The van der Waals surface area contributed by atoms with Crippen molar-refractivity contribution in [2.75, 3.05) is 0 Å². The molecule has 22 aromatic rings. The van der Waals surface area contributed by atoms with Gasteiger partial charge in [0.1, 0.15) is 22.3 Å². The maximum absolute atomic E-state index is 6.40. The minimum absolute atomic E-state index is 0.900. The monoisotopic (exact) mass is 1300 g/mol. The molecule has 0 amide bonds. The van der Waals surface area contributed by atoms with E-state index in [-0.39, 0.29) is 0 Å². The van der Waals surface area contributed by atoms with Crippen LogP contribution in [0.5, 0.6) is 0 Å². The molecule has 6 heterocycles. The SMILES string of the molecule is c1ccc(-c2ccc(-c3cccc(-n4c5ccccc5c5cc6c7ccc8oc9ccccc9c8c7n(-c7ccccc7)c6cc54)c3)cc2)cc1.c1ccc(-c2cccc(-c3ccc(-n4c5ccccc5c5cc6c7ccc8oc9ccccc9c8c7n(-c7ccccc7)c6cc54)cc3)c2)cc1. The highest BCUT2D eigenvalue weighted by Crippen LogP contribution is 2.47. The standard InChI is InChI=1S/2C48H30N2O/c1-3-12-31(13-4-1)33-14-11-15-34(28-33)32-22-24-36(25-23-32)49-42-20-9-7-18-37(42)40-29-41-38-26-27-46-47(39-19-8-10-21-45(39)51-46)48(38)50(44(41)30-43(40)49)35-16-5-2-6-17-35;1-3-12-31(13-4-1)32-22-24-33(25-23-32)34-14-11-17-36(28-34)49-42-20-9-7-18-37(42)40-29-41-38-26-27-46-47(39-19-8-10-21-45(39)51-46)48(38)50(44(41)30-43(40)49)35-15-5-2-6-16-35/h2*1-30H. The van der Waals surface area contributed by atoms with Gasteiger partial charge in [-0.1, -0.05) is 237 Å². The van der Waals surface area contributed by atoms with E-state index in [1.807, 2.05) is 12.1 Å². The number of hydrogen-bond donors (Lipinski definition) is 0. The topological polar surface area (TPSA) is 46.0 Å². The molecule has 22 rings (SSSR count). The van der Waals surface area contributed by atoms with E-state index >= 15 is 0 Å². The van der Waals surface area contributed by atoms with Crippen LogP contribution >= 0.6 is 0 Å². The van der Waals surface area contributed by atoms with E-state index in [0.29, 0.717) is 0 Å². The van der Waals surface area contributed by atoms with Crippen LogP contribution in [0.4, 0.5) is 0 Å². The molecule has 0 bridgehead atoms. The summed E-state index contributed by atoms with van der Waals surface area (Å²) in [6.45, 7) is 0. The van der Waals surface area contributed by atoms with Crippen molar-refractivity contribution < 1.29 is 8.83 Å². The minimum atomic E-state index is 0.900. The fraction of sp³-hybridized carbons (Fsp3) is 0. The Bertz CT molecular complexity index is 7070. The summed E-state index contributed by atoms with van der Waals surface area (Å²) in [6.07, 6.45) is 0. The number of aromatic nitrogens is 4. The lowest BCUT2D eigenvalue weighted by atomic mass is 9.99. The highest BCUT2D eigenvalue weighted by atomic mass is 16.3. The Morgan fingerprint density at radius 1 is 0.157 bits per heavy atom. The van der Waals surface area contributed by atoms with Gasteiger partial charge in [0.15, 0.2) is 0 Å². The van der Waals surface area contributed by atoms with Crippen molar-refractivity contribution in [2.45, 2.75) is 0 Å². The van der Waals surface area contributed by atoms with Crippen molar-refractivity contribution in [3.8, 4) is 67.3 Å². The number of fused-ring (bicyclic) bond motifs is 20. The average Bonchev–Trinajstić information content (AvgIpc) is 1.55. The molecule has 0 radical (unpaired) electrons. The van der Waals surface area contributed by atoms with Crippen LogP contribution in [-0.2, 0) is 0 Å². The normalized spacial score (nSPS) is 11.9. The molecular weight excluding hydrogens is 1240 g/mol. The molecule has 0 spiro atoms. The molecule has 6 aromatic heterocycles. The highest BCUT2D eigenvalue weighted by molar-refractivity contribution is 6.29. The lowest BCUT2D eigenvalue weighted by Crippen LogP contribution is -1.96. The molecule has 0 saturated carbocycles. The van der Waals surface area contributed by atoms with Gasteiger partial charge in [-0.15, -0.1) is 0 Å². The van der Waals surface area contributed by atoms with Gasteiger partial charge in [-0.2, -0.15) is 0 Å². The summed E-state index contributed by atoms with van der Waals surface area (Å²) in [5.74, 6) is 0. The molecule has 0 fully saturated rings. The second kappa shape index (κ2) is 23.0. The van der Waals surface area contributed by atoms with E-state index in [9.17, 15) is 0 Å². The van der Waals surface area contributed by atoms with Gasteiger partial charge in [0, 0.05) is 76.6 Å². The molecular formula is C96H60N4O2. The van der Waals surface area contributed by atoms with E-state index in [1.54, 1.807) is 0 Å². The smallest absolute Gasteiger partial charge is 0.137 e. The molecule has 0 aliphatic heterocycles. The van der Waals surface area contributed by atoms with Crippen molar-refractivity contribution in [1.29, 1.82) is 0 Å². The van der Waals surface area contributed by atoms with Gasteiger partial charge in [-0.25, -0.2) is 0 Å². The van der Waals surface area contributed by atoms with Crippen molar-refractivity contribution in [3.05, 3.63) is 364 Å². The fourth-order valence-electron chi connectivity index (χ4n) is 16.4. The van der Waals surface area contributed by atoms with E-state index < -0.39 is 0 Å². The van der Waals surface area contributed by atoms with E-state index in [1.165, 1.54) is 126 Å². The maximum Gasteiger partial charge on any atom is 0.137 e. The fourth-order valence-corrected chi connectivity index (χ4v) is 16.4. The van der Waals surface area contributed by atoms with E-state index in [2.05, 4.69) is 370 Å². The van der Waals surface area contributed by atoms with Gasteiger partial charge in [0.2, 0.25) is 0 Å². The van der Waals surface area contributed by atoms with Crippen molar-refractivity contribution in [2.24, 2.45) is 0 Å². The average molecular weight is 1300 g/mol. The zero-order valence-electron chi connectivity index (χ0n) is 55.2. The Hall–Kier alpha value is -13.7. The third-order valence-electron chi connectivity index (χ3n) is 21.0. The first-order chi connectivity index (χ1) is 50.6. The second-order valence-electron chi connectivity index (χ2n) is 26.7. The molecule has 16 aromatic carbocycles. The Morgan fingerprint density at radius 2 is 0.480 bits per heavy atom. The lowest BCUT2D eigenvalue weighted by molar-refractivity contribution is 0.669. The van der Waals surface area contributed by atoms with Crippen molar-refractivity contribution in [1.82, 2.24) is 18.3 Å². The maximum atomic E-state index is 6.40. The van der Waals surface area contributed by atoms with Gasteiger partial charge in [-0.3, -0.25) is 0 Å². The van der Waals surface area contributed by atoms with E-state index in [0.717, 1.165) is 72.1 Å². The third-order valence-corrected chi connectivity index (χ3v) is 21.0. The highest BCUT2D eigenvalue weighted by Gasteiger charge is 2.25. The van der Waals surface area contributed by atoms with Crippen LogP contribution in [0, 0.1) is 0 Å². The van der Waals surface area contributed by atoms with Gasteiger partial charge >= 0.3 is 0 Å². The Labute approximate surface area is 585 Å². The number of rotatable bonds is 8. The van der Waals surface area contributed by atoms with Crippen LogP contribution < -0.4 is 0 Å². The quantitative estimate of drug-likeness (QED) is 0.152. The molecule has 476 valence electrons. The molecule has 0 aliphatic rings. The minimum Gasteiger partial charge on any atom is -0.456 e. The summed E-state index contributed by atoms with van der Waals surface area (Å²) in [5, 5.41) is 14.4. The van der Waals surface area contributed by atoms with Crippen LogP contribution in [0.15, 0.2) is 373 Å². The number of hydrogen-bond acceptors (Lipinski definition) is 2. The van der Waals surface area contributed by atoms with Crippen LogP contribution in [0.25, 0.3) is 198 Å². The van der Waals surface area contributed by atoms with Crippen LogP contribution in [0.1, 0.15) is 0 Å². The first-order valence-electron chi connectivity index (χ1n) is 34.9. The molecule has 0 N–H and O–H groups in total. The third kappa shape index (κ3) is 8.99. The summed E-state index contributed by atoms with van der Waals surface area (Å²) >= 11 is 0. The van der Waals surface area contributed by atoms with Crippen molar-refractivity contribution >= 4 is 131 Å². The summed E-state index contributed by atoms with van der Waals surface area (Å²) in [5.41, 5.74) is 27.2. The molecule has 6 nitrogen and oxygen atoms in total. The first kappa shape index (κ1) is 57.4. The van der Waals surface area contributed by atoms with Crippen LogP contribution in [-0.4, -0.2) is 18.3 Å². The molecule has 6 heteroatoms. The molecule has 102 heavy (non-hydrogen) atoms. The van der Waals surface area contributed by atoms with Gasteiger partial charge < -0.3 is 27.1 Å². The summed E-state index contributed by atoms with van der Waals surface area (Å²) in [6, 6.07) is 131. The predicted octanol–water partition coefficient (Wildman–Crippen LogP) is 26.2. The molecule has 0 saturated heterocycles. The zero-order valence-corrected chi connectivity index (χ0v) is 55.2. The number of benzene rings is 16. The molecule has 0 atom stereocenters. The number of nitrogens with zero attached hydrogens (tertiary/aromatic N) is 4. The number of furan rings is 2. The Balaban J connectivity index is 0.000000133. The van der Waals surface area contributed by atoms with Gasteiger partial charge in [-0.05, 0) is 172 Å². The van der Waals surface area contributed by atoms with Crippen molar-refractivity contribution in [3.63, 3.8) is 0 Å².